The number of ether oxygens (including phenoxy) is 2. The largest absolute Gasteiger partial charge is 0.382 e. The maximum Gasteiger partial charge on any atom is 0.132 e. The predicted molar refractivity (Wildman–Crippen MR) is 64.6 cm³/mol. The molecule has 17 heavy (non-hydrogen) atoms. The van der Waals surface area contributed by atoms with Crippen molar-refractivity contribution in [2.75, 3.05) is 26.9 Å². The van der Waals surface area contributed by atoms with Crippen LogP contribution in [0.2, 0.25) is 0 Å². The molecular weight excluding hydrogens is 221 g/mol. The second-order valence-electron chi connectivity index (χ2n) is 3.79. The molecular formula is C13H16FNO2. The first-order valence-electron chi connectivity index (χ1n) is 5.63. The van der Waals surface area contributed by atoms with Gasteiger partial charge in [0.15, 0.2) is 0 Å². The Morgan fingerprint density at radius 2 is 2.06 bits per heavy atom. The molecule has 0 spiro atoms. The van der Waals surface area contributed by atoms with E-state index in [1.54, 1.807) is 19.2 Å². The molecule has 0 aliphatic heterocycles. The Kier molecular flexibility index (Phi) is 4.12. The lowest BCUT2D eigenvalue weighted by atomic mass is 10.2. The van der Waals surface area contributed by atoms with E-state index in [1.165, 1.54) is 6.07 Å². The van der Waals surface area contributed by atoms with Crippen LogP contribution in [0.15, 0.2) is 30.5 Å². The summed E-state index contributed by atoms with van der Waals surface area (Å²) in [6.45, 7) is 2.51. The summed E-state index contributed by atoms with van der Waals surface area (Å²) in [6.07, 6.45) is 1.88. The highest BCUT2D eigenvalue weighted by Gasteiger charge is 2.04. The minimum absolute atomic E-state index is 0.179. The van der Waals surface area contributed by atoms with Crippen LogP contribution in [0.25, 0.3) is 10.9 Å². The first kappa shape index (κ1) is 12.1. The van der Waals surface area contributed by atoms with E-state index in [4.69, 9.17) is 9.47 Å². The van der Waals surface area contributed by atoms with Crippen LogP contribution in [0.5, 0.6) is 0 Å². The molecule has 4 heteroatoms. The van der Waals surface area contributed by atoms with Crippen LogP contribution >= 0.6 is 0 Å². The van der Waals surface area contributed by atoms with E-state index in [-0.39, 0.29) is 5.82 Å². The quantitative estimate of drug-likeness (QED) is 0.720. The van der Waals surface area contributed by atoms with Gasteiger partial charge in [0, 0.05) is 25.2 Å². The minimum Gasteiger partial charge on any atom is -0.382 e. The number of halogens is 1. The second-order valence-corrected chi connectivity index (χ2v) is 3.79. The number of hydrogen-bond acceptors (Lipinski definition) is 2. The maximum atomic E-state index is 13.4. The number of rotatable bonds is 6. The van der Waals surface area contributed by atoms with Gasteiger partial charge in [-0.3, -0.25) is 0 Å². The summed E-state index contributed by atoms with van der Waals surface area (Å²) in [6, 6.07) is 6.90. The number of aromatic nitrogens is 1. The number of nitrogens with zero attached hydrogens (tertiary/aromatic N) is 1. The molecule has 0 bridgehead atoms. The predicted octanol–water partition coefficient (Wildman–Crippen LogP) is 2.44. The normalized spacial score (nSPS) is 11.2. The number of benzene rings is 1. The van der Waals surface area contributed by atoms with Crippen molar-refractivity contribution >= 4 is 10.9 Å². The third-order valence-corrected chi connectivity index (χ3v) is 2.67. The molecule has 0 fully saturated rings. The second kappa shape index (κ2) is 5.80. The van der Waals surface area contributed by atoms with Gasteiger partial charge >= 0.3 is 0 Å². The van der Waals surface area contributed by atoms with Gasteiger partial charge in [0.1, 0.15) is 5.82 Å². The fourth-order valence-corrected chi connectivity index (χ4v) is 1.79. The molecule has 0 saturated carbocycles. The molecule has 3 nitrogen and oxygen atoms in total. The van der Waals surface area contributed by atoms with Crippen LogP contribution in [0.1, 0.15) is 0 Å². The van der Waals surface area contributed by atoms with E-state index >= 15 is 0 Å². The summed E-state index contributed by atoms with van der Waals surface area (Å²) in [7, 11) is 1.64. The number of hydrogen-bond donors (Lipinski definition) is 0. The molecule has 0 aliphatic carbocycles. The van der Waals surface area contributed by atoms with Crippen molar-refractivity contribution in [1.29, 1.82) is 0 Å². The van der Waals surface area contributed by atoms with E-state index < -0.39 is 0 Å². The highest BCUT2D eigenvalue weighted by molar-refractivity contribution is 5.80. The van der Waals surface area contributed by atoms with Gasteiger partial charge in [-0.1, -0.05) is 6.07 Å². The highest BCUT2D eigenvalue weighted by atomic mass is 19.1. The average molecular weight is 237 g/mol. The van der Waals surface area contributed by atoms with Gasteiger partial charge in [0.2, 0.25) is 0 Å². The zero-order valence-electron chi connectivity index (χ0n) is 9.86. The fourth-order valence-electron chi connectivity index (χ4n) is 1.79. The molecule has 1 aromatic carbocycles. The van der Waals surface area contributed by atoms with Crippen LogP contribution in [0.3, 0.4) is 0 Å². The molecule has 92 valence electrons. The summed E-state index contributed by atoms with van der Waals surface area (Å²) in [5, 5.41) is 0.657. The lowest BCUT2D eigenvalue weighted by molar-refractivity contribution is 0.0670. The van der Waals surface area contributed by atoms with E-state index in [0.29, 0.717) is 25.2 Å². The molecule has 1 aromatic heterocycles. The van der Waals surface area contributed by atoms with E-state index in [2.05, 4.69) is 0 Å². The van der Waals surface area contributed by atoms with Crippen molar-refractivity contribution < 1.29 is 13.9 Å². The SMILES string of the molecule is COCCOCCn1ccc2c(F)cccc21. The van der Waals surface area contributed by atoms with Gasteiger partial charge < -0.3 is 14.0 Å². The van der Waals surface area contributed by atoms with Crippen LogP contribution in [0.4, 0.5) is 4.39 Å². The van der Waals surface area contributed by atoms with Crippen molar-refractivity contribution in [3.8, 4) is 0 Å². The summed E-state index contributed by atoms with van der Waals surface area (Å²) >= 11 is 0. The summed E-state index contributed by atoms with van der Waals surface area (Å²) in [5.41, 5.74) is 0.903. The Balaban J connectivity index is 1.97. The fraction of sp³-hybridized carbons (Fsp3) is 0.385. The third-order valence-electron chi connectivity index (χ3n) is 2.67. The Hall–Kier alpha value is -1.39. The molecule has 0 unspecified atom stereocenters. The van der Waals surface area contributed by atoms with Crippen molar-refractivity contribution in [3.63, 3.8) is 0 Å². The maximum absolute atomic E-state index is 13.4. The van der Waals surface area contributed by atoms with Crippen molar-refractivity contribution in [3.05, 3.63) is 36.3 Å². The van der Waals surface area contributed by atoms with Crippen LogP contribution in [0, 0.1) is 5.82 Å². The van der Waals surface area contributed by atoms with Crippen LogP contribution < -0.4 is 0 Å². The zero-order chi connectivity index (χ0) is 12.1. The van der Waals surface area contributed by atoms with Gasteiger partial charge in [-0.25, -0.2) is 4.39 Å². The molecule has 0 aliphatic rings. The topological polar surface area (TPSA) is 23.4 Å². The third kappa shape index (κ3) is 2.84. The Bertz CT molecular complexity index is 481. The average Bonchev–Trinajstić information content (AvgIpc) is 2.74. The van der Waals surface area contributed by atoms with E-state index in [9.17, 15) is 4.39 Å². The van der Waals surface area contributed by atoms with Gasteiger partial charge in [-0.2, -0.15) is 0 Å². The van der Waals surface area contributed by atoms with E-state index in [1.807, 2.05) is 16.8 Å². The Morgan fingerprint density at radius 3 is 2.88 bits per heavy atom. The zero-order valence-corrected chi connectivity index (χ0v) is 9.86. The highest BCUT2D eigenvalue weighted by Crippen LogP contribution is 2.18. The molecule has 1 heterocycles. The van der Waals surface area contributed by atoms with Crippen LogP contribution in [-0.2, 0) is 16.0 Å². The molecule has 0 amide bonds. The summed E-state index contributed by atoms with van der Waals surface area (Å²) < 4.78 is 25.7. The smallest absolute Gasteiger partial charge is 0.132 e. The van der Waals surface area contributed by atoms with Crippen LogP contribution in [-0.4, -0.2) is 31.5 Å². The first-order chi connectivity index (χ1) is 8.33. The lowest BCUT2D eigenvalue weighted by Crippen LogP contribution is -2.08. The first-order valence-corrected chi connectivity index (χ1v) is 5.63. The van der Waals surface area contributed by atoms with Gasteiger partial charge in [-0.05, 0) is 18.2 Å². The molecule has 0 atom stereocenters. The molecule has 2 aromatic rings. The Labute approximate surface area is 99.7 Å². The molecule has 0 N–H and O–H groups in total. The summed E-state index contributed by atoms with van der Waals surface area (Å²) in [4.78, 5) is 0. The van der Waals surface area contributed by atoms with Gasteiger partial charge in [0.25, 0.3) is 0 Å². The minimum atomic E-state index is -0.179. The Morgan fingerprint density at radius 1 is 1.18 bits per heavy atom. The standard InChI is InChI=1S/C13H16FNO2/c1-16-9-10-17-8-7-15-6-5-11-12(14)3-2-4-13(11)15/h2-6H,7-10H2,1H3. The lowest BCUT2D eigenvalue weighted by Gasteiger charge is -2.06. The van der Waals surface area contributed by atoms with Crippen molar-refractivity contribution in [2.24, 2.45) is 0 Å². The molecule has 0 saturated heterocycles. The summed E-state index contributed by atoms with van der Waals surface area (Å²) in [5.74, 6) is -0.179. The van der Waals surface area contributed by atoms with Gasteiger partial charge in [-0.15, -0.1) is 0 Å². The van der Waals surface area contributed by atoms with Crippen molar-refractivity contribution in [1.82, 2.24) is 4.57 Å². The molecule has 2 rings (SSSR count). The monoisotopic (exact) mass is 237 g/mol. The van der Waals surface area contributed by atoms with Crippen molar-refractivity contribution in [2.45, 2.75) is 6.54 Å². The number of methoxy groups -OCH3 is 1. The molecule has 0 radical (unpaired) electrons. The van der Waals surface area contributed by atoms with E-state index in [0.717, 1.165) is 12.1 Å². The van der Waals surface area contributed by atoms with Gasteiger partial charge in [0.05, 0.1) is 25.3 Å². The number of fused-ring (bicyclic) bond motifs is 1.